The van der Waals surface area contributed by atoms with Crippen LogP contribution in [0.25, 0.3) is 0 Å². The van der Waals surface area contributed by atoms with Crippen LogP contribution in [0.5, 0.6) is 0 Å². The highest BCUT2D eigenvalue weighted by Gasteiger charge is 2.22. The maximum Gasteiger partial charge on any atom is 0.225 e. The van der Waals surface area contributed by atoms with Crippen molar-refractivity contribution in [2.75, 3.05) is 0 Å². The molecule has 1 aromatic heterocycles. The van der Waals surface area contributed by atoms with Crippen LogP contribution in [-0.4, -0.2) is 16.9 Å². The second-order valence-corrected chi connectivity index (χ2v) is 5.28. The first-order valence-electron chi connectivity index (χ1n) is 7.10. The smallest absolute Gasteiger partial charge is 0.225 e. The maximum absolute atomic E-state index is 12.3. The van der Waals surface area contributed by atoms with Gasteiger partial charge in [0.25, 0.3) is 0 Å². The Kier molecular flexibility index (Phi) is 9.49. The molecule has 126 valence electrons. The minimum atomic E-state index is -0.238. The molecule has 0 aliphatic heterocycles. The predicted molar refractivity (Wildman–Crippen MR) is 98.0 cm³/mol. The molecule has 0 saturated carbocycles. The van der Waals surface area contributed by atoms with Gasteiger partial charge in [-0.25, -0.2) is 0 Å². The molecule has 0 bridgehead atoms. The van der Waals surface area contributed by atoms with Gasteiger partial charge in [-0.1, -0.05) is 37.3 Å². The van der Waals surface area contributed by atoms with Gasteiger partial charge in [-0.05, 0) is 30.2 Å². The number of nitrogens with two attached hydrogens (primary N) is 1. The van der Waals surface area contributed by atoms with Crippen molar-refractivity contribution < 1.29 is 4.79 Å². The largest absolute Gasteiger partial charge is 0.345 e. The molecule has 3 N–H and O–H groups in total. The summed E-state index contributed by atoms with van der Waals surface area (Å²) in [6, 6.07) is 13.3. The van der Waals surface area contributed by atoms with Crippen molar-refractivity contribution in [2.45, 2.75) is 25.9 Å². The normalized spacial score (nSPS) is 13.7. The SMILES string of the molecule is CC(N)C(C)C(=O)NC(c1ccccc1)c1ccncc1.Cl.Cl. The molecule has 0 fully saturated rings. The van der Waals surface area contributed by atoms with Gasteiger partial charge in [0.15, 0.2) is 0 Å². The first-order valence-corrected chi connectivity index (χ1v) is 7.10. The summed E-state index contributed by atoms with van der Waals surface area (Å²) in [5.41, 5.74) is 7.86. The quantitative estimate of drug-likeness (QED) is 0.865. The van der Waals surface area contributed by atoms with Gasteiger partial charge in [-0.15, -0.1) is 24.8 Å². The third-order valence-electron chi connectivity index (χ3n) is 3.66. The standard InChI is InChI=1S/C17H21N3O.2ClH/c1-12(13(2)18)17(21)20-16(14-6-4-3-5-7-14)15-8-10-19-11-9-15;;/h3-13,16H,18H2,1-2H3,(H,20,21);2*1H. The lowest BCUT2D eigenvalue weighted by atomic mass is 9.97. The van der Waals surface area contributed by atoms with Crippen LogP contribution in [0.15, 0.2) is 54.9 Å². The summed E-state index contributed by atoms with van der Waals surface area (Å²) in [6.07, 6.45) is 3.46. The summed E-state index contributed by atoms with van der Waals surface area (Å²) in [5.74, 6) is -0.284. The average molecular weight is 356 g/mol. The lowest BCUT2D eigenvalue weighted by Crippen LogP contribution is -2.40. The minimum Gasteiger partial charge on any atom is -0.345 e. The first kappa shape index (κ1) is 21.4. The number of benzene rings is 1. The third-order valence-corrected chi connectivity index (χ3v) is 3.66. The molecule has 6 heteroatoms. The molecule has 2 aromatic rings. The van der Waals surface area contributed by atoms with Crippen LogP contribution in [0.1, 0.15) is 31.0 Å². The topological polar surface area (TPSA) is 68.0 Å². The number of halogens is 2. The van der Waals surface area contributed by atoms with Crippen LogP contribution < -0.4 is 11.1 Å². The number of nitrogens with zero attached hydrogens (tertiary/aromatic N) is 1. The minimum absolute atomic E-state index is 0. The molecule has 0 radical (unpaired) electrons. The summed E-state index contributed by atoms with van der Waals surface area (Å²) < 4.78 is 0. The lowest BCUT2D eigenvalue weighted by Gasteiger charge is -2.23. The van der Waals surface area contributed by atoms with E-state index in [2.05, 4.69) is 10.3 Å². The van der Waals surface area contributed by atoms with E-state index in [1.807, 2.05) is 56.3 Å². The van der Waals surface area contributed by atoms with E-state index in [0.717, 1.165) is 11.1 Å². The summed E-state index contributed by atoms with van der Waals surface area (Å²) >= 11 is 0. The number of rotatable bonds is 5. The lowest BCUT2D eigenvalue weighted by molar-refractivity contribution is -0.125. The van der Waals surface area contributed by atoms with Crippen molar-refractivity contribution in [2.24, 2.45) is 11.7 Å². The molecular formula is C17H23Cl2N3O. The molecule has 0 saturated heterocycles. The Hall–Kier alpha value is -1.62. The number of hydrogen-bond acceptors (Lipinski definition) is 3. The van der Waals surface area contributed by atoms with Crippen molar-refractivity contribution in [3.8, 4) is 0 Å². The fraction of sp³-hybridized carbons (Fsp3) is 0.294. The molecule has 2 rings (SSSR count). The van der Waals surface area contributed by atoms with Crippen LogP contribution >= 0.6 is 24.8 Å². The zero-order chi connectivity index (χ0) is 15.2. The van der Waals surface area contributed by atoms with Gasteiger partial charge in [0.2, 0.25) is 5.91 Å². The fourth-order valence-corrected chi connectivity index (χ4v) is 2.07. The second kappa shape index (κ2) is 10.2. The molecule has 1 aromatic carbocycles. The highest BCUT2D eigenvalue weighted by Crippen LogP contribution is 2.22. The number of amides is 1. The van der Waals surface area contributed by atoms with E-state index in [1.165, 1.54) is 0 Å². The van der Waals surface area contributed by atoms with E-state index in [-0.39, 0.29) is 48.7 Å². The van der Waals surface area contributed by atoms with E-state index < -0.39 is 0 Å². The Morgan fingerprint density at radius 3 is 2.04 bits per heavy atom. The number of nitrogens with one attached hydrogen (secondary N) is 1. The van der Waals surface area contributed by atoms with Crippen molar-refractivity contribution >= 4 is 30.7 Å². The number of pyridine rings is 1. The van der Waals surface area contributed by atoms with Gasteiger partial charge in [-0.3, -0.25) is 9.78 Å². The van der Waals surface area contributed by atoms with E-state index >= 15 is 0 Å². The molecule has 0 spiro atoms. The Morgan fingerprint density at radius 1 is 1.00 bits per heavy atom. The van der Waals surface area contributed by atoms with Crippen LogP contribution in [0.3, 0.4) is 0 Å². The van der Waals surface area contributed by atoms with Crippen LogP contribution in [0.2, 0.25) is 0 Å². The van der Waals surface area contributed by atoms with Crippen molar-refractivity contribution in [1.82, 2.24) is 10.3 Å². The first-order chi connectivity index (χ1) is 10.1. The number of hydrogen-bond donors (Lipinski definition) is 2. The molecule has 3 unspecified atom stereocenters. The van der Waals surface area contributed by atoms with E-state index in [4.69, 9.17) is 5.73 Å². The zero-order valence-electron chi connectivity index (χ0n) is 13.2. The summed E-state index contributed by atoms with van der Waals surface area (Å²) in [6.45, 7) is 3.68. The predicted octanol–water partition coefficient (Wildman–Crippen LogP) is 3.11. The molecule has 0 aliphatic carbocycles. The van der Waals surface area contributed by atoms with E-state index in [9.17, 15) is 4.79 Å². The summed E-state index contributed by atoms with van der Waals surface area (Å²) in [7, 11) is 0. The van der Waals surface area contributed by atoms with Crippen molar-refractivity contribution in [3.63, 3.8) is 0 Å². The Bertz CT molecular complexity index is 539. The van der Waals surface area contributed by atoms with Crippen LogP contribution in [0.4, 0.5) is 0 Å². The second-order valence-electron chi connectivity index (χ2n) is 5.28. The van der Waals surface area contributed by atoms with Crippen LogP contribution in [0, 0.1) is 5.92 Å². The highest BCUT2D eigenvalue weighted by molar-refractivity contribution is 5.85. The van der Waals surface area contributed by atoms with E-state index in [0.29, 0.717) is 0 Å². The zero-order valence-corrected chi connectivity index (χ0v) is 14.8. The molecule has 3 atom stereocenters. The third kappa shape index (κ3) is 5.82. The Morgan fingerprint density at radius 2 is 1.52 bits per heavy atom. The van der Waals surface area contributed by atoms with Gasteiger partial charge in [0.05, 0.1) is 6.04 Å². The van der Waals surface area contributed by atoms with E-state index in [1.54, 1.807) is 12.4 Å². The number of carbonyl (C=O) groups is 1. The van der Waals surface area contributed by atoms with Gasteiger partial charge < -0.3 is 11.1 Å². The molecular weight excluding hydrogens is 333 g/mol. The number of carbonyl (C=O) groups excluding carboxylic acids is 1. The molecule has 1 heterocycles. The van der Waals surface area contributed by atoms with Gasteiger partial charge >= 0.3 is 0 Å². The summed E-state index contributed by atoms with van der Waals surface area (Å²) in [4.78, 5) is 16.4. The number of aromatic nitrogens is 1. The van der Waals surface area contributed by atoms with Gasteiger partial charge in [0.1, 0.15) is 0 Å². The van der Waals surface area contributed by atoms with Crippen molar-refractivity contribution in [3.05, 3.63) is 66.0 Å². The highest BCUT2D eigenvalue weighted by atomic mass is 35.5. The monoisotopic (exact) mass is 355 g/mol. The van der Waals surface area contributed by atoms with Crippen LogP contribution in [-0.2, 0) is 4.79 Å². The molecule has 1 amide bonds. The average Bonchev–Trinajstić information content (AvgIpc) is 2.53. The molecule has 4 nitrogen and oxygen atoms in total. The molecule has 23 heavy (non-hydrogen) atoms. The Balaban J connectivity index is 0.00000242. The van der Waals surface area contributed by atoms with Crippen molar-refractivity contribution in [1.29, 1.82) is 0 Å². The van der Waals surface area contributed by atoms with Gasteiger partial charge in [0, 0.05) is 24.4 Å². The summed E-state index contributed by atoms with van der Waals surface area (Å²) in [5, 5.41) is 3.08. The maximum atomic E-state index is 12.3. The fourth-order valence-electron chi connectivity index (χ4n) is 2.07. The van der Waals surface area contributed by atoms with Gasteiger partial charge in [-0.2, -0.15) is 0 Å². The Labute approximate surface area is 149 Å². The molecule has 0 aliphatic rings.